The standard InChI is InChI=1S/C12H14ClNO3/c1-3-17-11-5-4-9(6-10(11)13)7-14(2)12(16)8-15/h4-6,8H,3,7H2,1-2H3. The molecule has 0 aliphatic rings. The molecule has 0 radical (unpaired) electrons. The van der Waals surface area contributed by atoms with Crippen LogP contribution in [-0.2, 0) is 16.1 Å². The molecule has 17 heavy (non-hydrogen) atoms. The van der Waals surface area contributed by atoms with Crippen LogP contribution in [0, 0.1) is 0 Å². The van der Waals surface area contributed by atoms with Crippen molar-refractivity contribution in [3.8, 4) is 5.75 Å². The first-order valence-corrected chi connectivity index (χ1v) is 5.57. The van der Waals surface area contributed by atoms with Gasteiger partial charge in [-0.25, -0.2) is 0 Å². The largest absolute Gasteiger partial charge is 0.492 e. The molecule has 5 heteroatoms. The minimum atomic E-state index is -0.560. The normalized spacial score (nSPS) is 9.82. The lowest BCUT2D eigenvalue weighted by molar-refractivity contribution is -0.138. The van der Waals surface area contributed by atoms with Crippen LogP contribution >= 0.6 is 11.6 Å². The van der Waals surface area contributed by atoms with Crippen molar-refractivity contribution in [3.63, 3.8) is 0 Å². The Hall–Kier alpha value is -1.55. The van der Waals surface area contributed by atoms with E-state index in [0.717, 1.165) is 5.56 Å². The summed E-state index contributed by atoms with van der Waals surface area (Å²) in [5.41, 5.74) is 0.844. The summed E-state index contributed by atoms with van der Waals surface area (Å²) >= 11 is 6.01. The van der Waals surface area contributed by atoms with Crippen LogP contribution in [-0.4, -0.2) is 30.7 Å². The number of carbonyl (C=O) groups excluding carboxylic acids is 2. The second-order valence-corrected chi connectivity index (χ2v) is 3.92. The van der Waals surface area contributed by atoms with Crippen molar-refractivity contribution in [3.05, 3.63) is 28.8 Å². The van der Waals surface area contributed by atoms with Crippen LogP contribution in [0.2, 0.25) is 5.02 Å². The summed E-state index contributed by atoms with van der Waals surface area (Å²) in [6, 6.07) is 5.28. The summed E-state index contributed by atoms with van der Waals surface area (Å²) < 4.78 is 5.30. The van der Waals surface area contributed by atoms with Crippen molar-refractivity contribution in [2.45, 2.75) is 13.5 Å². The molecule has 0 saturated carbocycles. The van der Waals surface area contributed by atoms with Gasteiger partial charge in [0.15, 0.2) is 0 Å². The molecule has 1 aromatic carbocycles. The number of likely N-dealkylation sites (N-methyl/N-ethyl adjacent to an activating group) is 1. The lowest BCUT2D eigenvalue weighted by Gasteiger charge is -2.14. The van der Waals surface area contributed by atoms with E-state index in [0.29, 0.717) is 23.9 Å². The van der Waals surface area contributed by atoms with E-state index in [1.54, 1.807) is 19.2 Å². The van der Waals surface area contributed by atoms with Crippen LogP contribution in [0.25, 0.3) is 0 Å². The van der Waals surface area contributed by atoms with Crippen LogP contribution < -0.4 is 4.74 Å². The number of hydrogen-bond acceptors (Lipinski definition) is 3. The second-order valence-electron chi connectivity index (χ2n) is 3.51. The smallest absolute Gasteiger partial charge is 0.286 e. The maximum Gasteiger partial charge on any atom is 0.286 e. The van der Waals surface area contributed by atoms with E-state index >= 15 is 0 Å². The molecule has 0 aromatic heterocycles. The number of aldehydes is 1. The molecule has 0 unspecified atom stereocenters. The minimum Gasteiger partial charge on any atom is -0.492 e. The fraction of sp³-hybridized carbons (Fsp3) is 0.333. The first kappa shape index (κ1) is 13.5. The van der Waals surface area contributed by atoms with Gasteiger partial charge in [0.1, 0.15) is 5.75 Å². The molecule has 0 N–H and O–H groups in total. The summed E-state index contributed by atoms with van der Waals surface area (Å²) in [6.07, 6.45) is 0.288. The van der Waals surface area contributed by atoms with Gasteiger partial charge < -0.3 is 9.64 Å². The van der Waals surface area contributed by atoms with E-state index in [9.17, 15) is 9.59 Å². The third kappa shape index (κ3) is 3.75. The molecular weight excluding hydrogens is 242 g/mol. The molecule has 1 aromatic rings. The molecule has 0 bridgehead atoms. The highest BCUT2D eigenvalue weighted by Gasteiger charge is 2.09. The molecular formula is C12H14ClNO3. The molecule has 0 heterocycles. The fourth-order valence-corrected chi connectivity index (χ4v) is 1.61. The number of amides is 1. The monoisotopic (exact) mass is 255 g/mol. The Balaban J connectivity index is 2.76. The van der Waals surface area contributed by atoms with Crippen LogP contribution in [0.1, 0.15) is 12.5 Å². The Morgan fingerprint density at radius 2 is 2.24 bits per heavy atom. The van der Waals surface area contributed by atoms with E-state index in [4.69, 9.17) is 16.3 Å². The minimum absolute atomic E-state index is 0.288. The quantitative estimate of drug-likeness (QED) is 0.596. The maximum atomic E-state index is 11.1. The molecule has 1 rings (SSSR count). The molecule has 0 fully saturated rings. The van der Waals surface area contributed by atoms with Gasteiger partial charge in [-0.2, -0.15) is 0 Å². The van der Waals surface area contributed by atoms with E-state index in [1.807, 2.05) is 13.0 Å². The Labute approximate surface area is 105 Å². The Morgan fingerprint density at radius 3 is 2.76 bits per heavy atom. The molecule has 0 spiro atoms. The number of halogens is 1. The van der Waals surface area contributed by atoms with E-state index < -0.39 is 5.91 Å². The highest BCUT2D eigenvalue weighted by Crippen LogP contribution is 2.25. The van der Waals surface area contributed by atoms with Crippen molar-refractivity contribution in [1.82, 2.24) is 4.90 Å². The van der Waals surface area contributed by atoms with Gasteiger partial charge >= 0.3 is 0 Å². The van der Waals surface area contributed by atoms with Gasteiger partial charge in [0.2, 0.25) is 6.29 Å². The van der Waals surface area contributed by atoms with E-state index in [-0.39, 0.29) is 6.29 Å². The molecule has 4 nitrogen and oxygen atoms in total. The summed E-state index contributed by atoms with van der Waals surface area (Å²) in [4.78, 5) is 22.7. The zero-order valence-electron chi connectivity index (χ0n) is 9.77. The van der Waals surface area contributed by atoms with Gasteiger partial charge in [-0.15, -0.1) is 0 Å². The van der Waals surface area contributed by atoms with Gasteiger partial charge in [-0.1, -0.05) is 17.7 Å². The van der Waals surface area contributed by atoms with E-state index in [1.165, 1.54) is 4.90 Å². The van der Waals surface area contributed by atoms with Gasteiger partial charge in [0.05, 0.1) is 11.6 Å². The molecule has 92 valence electrons. The predicted octanol–water partition coefficient (Wildman–Crippen LogP) is 1.90. The van der Waals surface area contributed by atoms with Crippen LogP contribution in [0.5, 0.6) is 5.75 Å². The van der Waals surface area contributed by atoms with Crippen molar-refractivity contribution in [2.24, 2.45) is 0 Å². The third-order valence-corrected chi connectivity index (χ3v) is 2.49. The predicted molar refractivity (Wildman–Crippen MR) is 65.2 cm³/mol. The van der Waals surface area contributed by atoms with E-state index in [2.05, 4.69) is 0 Å². The first-order chi connectivity index (χ1) is 8.08. The van der Waals surface area contributed by atoms with Crippen molar-refractivity contribution in [1.29, 1.82) is 0 Å². The van der Waals surface area contributed by atoms with Crippen LogP contribution in [0.4, 0.5) is 0 Å². The number of ether oxygens (including phenoxy) is 1. The molecule has 0 atom stereocenters. The molecule has 1 amide bonds. The van der Waals surface area contributed by atoms with Gasteiger partial charge in [-0.3, -0.25) is 9.59 Å². The number of hydrogen-bond donors (Lipinski definition) is 0. The van der Waals surface area contributed by atoms with Gasteiger partial charge in [0.25, 0.3) is 5.91 Å². The average molecular weight is 256 g/mol. The second kappa shape index (κ2) is 6.25. The van der Waals surface area contributed by atoms with Crippen molar-refractivity contribution in [2.75, 3.05) is 13.7 Å². The average Bonchev–Trinajstić information content (AvgIpc) is 2.31. The van der Waals surface area contributed by atoms with Crippen molar-refractivity contribution < 1.29 is 14.3 Å². The summed E-state index contributed by atoms with van der Waals surface area (Å²) in [5.74, 6) is 0.0530. The zero-order valence-corrected chi connectivity index (χ0v) is 10.5. The van der Waals surface area contributed by atoms with Gasteiger partial charge in [-0.05, 0) is 24.6 Å². The summed E-state index contributed by atoms with van der Waals surface area (Å²) in [6.45, 7) is 2.76. The molecule has 0 saturated heterocycles. The topological polar surface area (TPSA) is 46.6 Å². The lowest BCUT2D eigenvalue weighted by atomic mass is 10.2. The summed E-state index contributed by atoms with van der Waals surface area (Å²) in [7, 11) is 1.56. The number of nitrogens with zero attached hydrogens (tertiary/aromatic N) is 1. The fourth-order valence-electron chi connectivity index (χ4n) is 1.36. The zero-order chi connectivity index (χ0) is 12.8. The SMILES string of the molecule is CCOc1ccc(CN(C)C(=O)C=O)cc1Cl. The molecule has 0 aliphatic heterocycles. The number of benzene rings is 1. The molecule has 0 aliphatic carbocycles. The number of rotatable bonds is 5. The highest BCUT2D eigenvalue weighted by molar-refractivity contribution is 6.32. The number of carbonyl (C=O) groups is 2. The van der Waals surface area contributed by atoms with Crippen LogP contribution in [0.3, 0.4) is 0 Å². The Morgan fingerprint density at radius 1 is 1.53 bits per heavy atom. The Kier molecular flexibility index (Phi) is 4.97. The van der Waals surface area contributed by atoms with Gasteiger partial charge in [0, 0.05) is 13.6 Å². The van der Waals surface area contributed by atoms with Crippen LogP contribution in [0.15, 0.2) is 18.2 Å². The highest BCUT2D eigenvalue weighted by atomic mass is 35.5. The maximum absolute atomic E-state index is 11.1. The first-order valence-electron chi connectivity index (χ1n) is 5.20. The Bertz CT molecular complexity index is 420. The third-order valence-electron chi connectivity index (χ3n) is 2.19. The van der Waals surface area contributed by atoms with Crippen molar-refractivity contribution >= 4 is 23.8 Å². The lowest BCUT2D eigenvalue weighted by Crippen LogP contribution is -2.26. The summed E-state index contributed by atoms with van der Waals surface area (Å²) in [5, 5.41) is 0.497.